The Morgan fingerprint density at radius 3 is 2.43 bits per heavy atom. The van der Waals surface area contributed by atoms with Gasteiger partial charge in [0.15, 0.2) is 5.17 Å². The molecular weight excluding hydrogens is 260 g/mol. The summed E-state index contributed by atoms with van der Waals surface area (Å²) in [7, 11) is 0. The van der Waals surface area contributed by atoms with Crippen LogP contribution in [0.4, 0.5) is 0 Å². The molecule has 0 aromatic heterocycles. The van der Waals surface area contributed by atoms with Gasteiger partial charge in [-0.1, -0.05) is 27.7 Å². The smallest absolute Gasteiger partial charge is 0.160 e. The molecule has 1 unspecified atom stereocenters. The van der Waals surface area contributed by atoms with E-state index < -0.39 is 0 Å². The first kappa shape index (κ1) is 9.52. The summed E-state index contributed by atoms with van der Waals surface area (Å²) in [6, 6.07) is 1.67. The van der Waals surface area contributed by atoms with Crippen LogP contribution in [0.15, 0.2) is 4.99 Å². The molecule has 2 bridgehead atoms. The van der Waals surface area contributed by atoms with Gasteiger partial charge >= 0.3 is 0 Å². The number of alkyl halides is 1. The van der Waals surface area contributed by atoms with Gasteiger partial charge in [-0.15, -0.1) is 0 Å². The molecule has 0 saturated carbocycles. The minimum Gasteiger partial charge on any atom is -0.346 e. The third-order valence-electron chi connectivity index (χ3n) is 3.55. The zero-order chi connectivity index (χ0) is 9.54. The largest absolute Gasteiger partial charge is 0.346 e. The van der Waals surface area contributed by atoms with Crippen LogP contribution >= 0.6 is 27.7 Å². The molecule has 3 rings (SSSR count). The third kappa shape index (κ3) is 1.42. The monoisotopic (exact) mass is 274 g/mol. The van der Waals surface area contributed by atoms with Gasteiger partial charge in [0, 0.05) is 22.7 Å². The molecule has 0 radical (unpaired) electrons. The molecule has 0 N–H and O–H groups in total. The number of hydrogen-bond acceptors (Lipinski definition) is 3. The average molecular weight is 275 g/mol. The fraction of sp³-hybridized carbons (Fsp3) is 0.900. The third-order valence-corrected chi connectivity index (χ3v) is 5.96. The van der Waals surface area contributed by atoms with Crippen LogP contribution in [0, 0.1) is 0 Å². The molecule has 0 aromatic carbocycles. The summed E-state index contributed by atoms with van der Waals surface area (Å²) < 4.78 is 0. The highest BCUT2D eigenvalue weighted by Crippen LogP contribution is 2.41. The van der Waals surface area contributed by atoms with E-state index >= 15 is 0 Å². The van der Waals surface area contributed by atoms with Gasteiger partial charge in [-0.3, -0.25) is 4.99 Å². The summed E-state index contributed by atoms with van der Waals surface area (Å²) in [6.45, 7) is 1.02. The SMILES string of the molecule is BrCC1CN=C(N2C3CCC2CC3)S1. The number of thioether (sulfide) groups is 1. The van der Waals surface area contributed by atoms with Crippen molar-refractivity contribution < 1.29 is 0 Å². The second-order valence-electron chi connectivity index (χ2n) is 4.39. The molecule has 3 aliphatic heterocycles. The number of amidine groups is 1. The zero-order valence-electron chi connectivity index (χ0n) is 8.16. The van der Waals surface area contributed by atoms with Gasteiger partial charge < -0.3 is 4.90 Å². The van der Waals surface area contributed by atoms with Crippen molar-refractivity contribution in [3.8, 4) is 0 Å². The van der Waals surface area contributed by atoms with Crippen LogP contribution in [0.2, 0.25) is 0 Å². The summed E-state index contributed by atoms with van der Waals surface area (Å²) in [4.78, 5) is 7.30. The predicted octanol–water partition coefficient (Wildman–Crippen LogP) is 2.48. The fourth-order valence-corrected chi connectivity index (χ4v) is 4.53. The first-order chi connectivity index (χ1) is 6.88. The molecule has 4 heteroatoms. The highest BCUT2D eigenvalue weighted by Gasteiger charge is 2.42. The molecule has 1 atom stereocenters. The van der Waals surface area contributed by atoms with Crippen LogP contribution in [-0.2, 0) is 0 Å². The molecule has 0 amide bonds. The maximum atomic E-state index is 4.69. The average Bonchev–Trinajstić information content (AvgIpc) is 2.91. The van der Waals surface area contributed by atoms with Crippen molar-refractivity contribution in [3.63, 3.8) is 0 Å². The summed E-state index contributed by atoms with van der Waals surface area (Å²) in [5.74, 6) is 0. The first-order valence-electron chi connectivity index (χ1n) is 5.44. The molecule has 2 saturated heterocycles. The molecule has 0 spiro atoms. The molecule has 3 aliphatic rings. The second-order valence-corrected chi connectivity index (χ2v) is 6.30. The lowest BCUT2D eigenvalue weighted by atomic mass is 10.0. The van der Waals surface area contributed by atoms with Crippen LogP contribution in [0.5, 0.6) is 0 Å². The number of nitrogens with zero attached hydrogens (tertiary/aromatic N) is 2. The molecule has 0 aliphatic carbocycles. The Balaban J connectivity index is 1.72. The van der Waals surface area contributed by atoms with Crippen LogP contribution in [0.1, 0.15) is 25.7 Å². The quantitative estimate of drug-likeness (QED) is 0.683. The van der Waals surface area contributed by atoms with Crippen LogP contribution < -0.4 is 0 Å². The second kappa shape index (κ2) is 3.71. The fourth-order valence-electron chi connectivity index (χ4n) is 2.85. The minimum absolute atomic E-state index is 0.685. The Labute approximate surface area is 97.7 Å². The lowest BCUT2D eigenvalue weighted by molar-refractivity contribution is 0.407. The lowest BCUT2D eigenvalue weighted by Crippen LogP contribution is -2.32. The van der Waals surface area contributed by atoms with Crippen molar-refractivity contribution in [2.45, 2.75) is 43.0 Å². The van der Waals surface area contributed by atoms with Crippen LogP contribution in [-0.4, -0.2) is 39.3 Å². The van der Waals surface area contributed by atoms with E-state index in [-0.39, 0.29) is 0 Å². The normalized spacial score (nSPS) is 40.8. The molecule has 3 heterocycles. The minimum atomic E-state index is 0.685. The Kier molecular flexibility index (Phi) is 2.52. The standard InChI is InChI=1S/C10H15BrN2S/c11-5-9-6-12-10(14-9)13-7-1-2-8(13)4-3-7/h7-9H,1-6H2. The van der Waals surface area contributed by atoms with Crippen molar-refractivity contribution in [1.82, 2.24) is 4.90 Å². The van der Waals surface area contributed by atoms with Gasteiger partial charge in [-0.2, -0.15) is 0 Å². The van der Waals surface area contributed by atoms with Gasteiger partial charge in [-0.05, 0) is 25.7 Å². The van der Waals surface area contributed by atoms with Crippen molar-refractivity contribution in [2.75, 3.05) is 11.9 Å². The highest BCUT2D eigenvalue weighted by molar-refractivity contribution is 9.09. The summed E-state index contributed by atoms with van der Waals surface area (Å²) in [6.07, 6.45) is 5.62. The Morgan fingerprint density at radius 2 is 1.93 bits per heavy atom. The van der Waals surface area contributed by atoms with E-state index in [0.29, 0.717) is 5.25 Å². The molecule has 2 fully saturated rings. The van der Waals surface area contributed by atoms with Crippen molar-refractivity contribution in [2.24, 2.45) is 4.99 Å². The van der Waals surface area contributed by atoms with E-state index in [0.717, 1.165) is 24.0 Å². The van der Waals surface area contributed by atoms with E-state index in [2.05, 4.69) is 25.8 Å². The van der Waals surface area contributed by atoms with E-state index in [1.54, 1.807) is 0 Å². The van der Waals surface area contributed by atoms with Crippen molar-refractivity contribution in [1.29, 1.82) is 0 Å². The first-order valence-corrected chi connectivity index (χ1v) is 7.44. The summed E-state index contributed by atoms with van der Waals surface area (Å²) in [5.41, 5.74) is 0. The van der Waals surface area contributed by atoms with Crippen molar-refractivity contribution in [3.05, 3.63) is 0 Å². The van der Waals surface area contributed by atoms with Gasteiger partial charge in [0.2, 0.25) is 0 Å². The molecule has 14 heavy (non-hydrogen) atoms. The number of fused-ring (bicyclic) bond motifs is 2. The Hall–Kier alpha value is 0.300. The topological polar surface area (TPSA) is 15.6 Å². The van der Waals surface area contributed by atoms with Gasteiger partial charge in [0.1, 0.15) is 0 Å². The summed E-state index contributed by atoms with van der Waals surface area (Å²) >= 11 is 5.53. The zero-order valence-corrected chi connectivity index (χ0v) is 10.6. The maximum absolute atomic E-state index is 4.69. The number of rotatable bonds is 1. The van der Waals surface area contributed by atoms with Gasteiger partial charge in [0.05, 0.1) is 6.54 Å². The highest BCUT2D eigenvalue weighted by atomic mass is 79.9. The predicted molar refractivity (Wildman–Crippen MR) is 65.4 cm³/mol. The molecular formula is C10H15BrN2S. The van der Waals surface area contributed by atoms with Crippen LogP contribution in [0.25, 0.3) is 0 Å². The van der Waals surface area contributed by atoms with Crippen molar-refractivity contribution >= 4 is 32.9 Å². The number of halogens is 1. The Bertz CT molecular complexity index is 249. The molecule has 78 valence electrons. The summed E-state index contributed by atoms with van der Waals surface area (Å²) in [5, 5.41) is 3.11. The molecule has 0 aromatic rings. The molecule has 2 nitrogen and oxygen atoms in total. The maximum Gasteiger partial charge on any atom is 0.160 e. The van der Waals surface area contributed by atoms with E-state index in [9.17, 15) is 0 Å². The Morgan fingerprint density at radius 1 is 1.29 bits per heavy atom. The van der Waals surface area contributed by atoms with Gasteiger partial charge in [0.25, 0.3) is 0 Å². The van der Waals surface area contributed by atoms with E-state index in [1.807, 2.05) is 11.8 Å². The van der Waals surface area contributed by atoms with Gasteiger partial charge in [-0.25, -0.2) is 0 Å². The van der Waals surface area contributed by atoms with Crippen LogP contribution in [0.3, 0.4) is 0 Å². The number of aliphatic imine (C=N–C) groups is 1. The van der Waals surface area contributed by atoms with E-state index in [4.69, 9.17) is 0 Å². The lowest BCUT2D eigenvalue weighted by Gasteiger charge is -2.23. The number of hydrogen-bond donors (Lipinski definition) is 0. The van der Waals surface area contributed by atoms with E-state index in [1.165, 1.54) is 30.9 Å².